The highest BCUT2D eigenvalue weighted by atomic mass is 127. The van der Waals surface area contributed by atoms with Gasteiger partial charge in [-0.1, -0.05) is 5.16 Å². The van der Waals surface area contributed by atoms with E-state index in [2.05, 4.69) is 37.7 Å². The minimum absolute atomic E-state index is 0.130. The lowest BCUT2D eigenvalue weighted by molar-refractivity contribution is 0.418. The summed E-state index contributed by atoms with van der Waals surface area (Å²) in [6.07, 6.45) is 0.534. The van der Waals surface area contributed by atoms with Crippen LogP contribution in [0.5, 0.6) is 5.75 Å². The van der Waals surface area contributed by atoms with Crippen molar-refractivity contribution in [3.63, 3.8) is 0 Å². The zero-order valence-electron chi connectivity index (χ0n) is 10.5. The molecule has 102 valence electrons. The van der Waals surface area contributed by atoms with Crippen molar-refractivity contribution in [1.82, 2.24) is 15.1 Å². The molecule has 0 aliphatic carbocycles. The Labute approximate surface area is 132 Å². The second-order valence-corrected chi connectivity index (χ2v) is 6.42. The summed E-state index contributed by atoms with van der Waals surface area (Å²) in [6.45, 7) is 1.95. The molecular formula is C13H10IN3O2S. The molecule has 1 aromatic carbocycles. The Bertz CT molecular complexity index is 754. The maximum absolute atomic E-state index is 9.85. The molecule has 0 unspecified atom stereocenters. The lowest BCUT2D eigenvalue weighted by atomic mass is 10.2. The highest BCUT2D eigenvalue weighted by Crippen LogP contribution is 2.29. The van der Waals surface area contributed by atoms with Gasteiger partial charge in [0.2, 0.25) is 0 Å². The summed E-state index contributed by atoms with van der Waals surface area (Å²) in [7, 11) is 0. The summed E-state index contributed by atoms with van der Waals surface area (Å²) < 4.78 is 6.21. The maximum Gasteiger partial charge on any atom is 0.261 e. The Morgan fingerprint density at radius 2 is 2.20 bits per heavy atom. The number of phenols is 1. The smallest absolute Gasteiger partial charge is 0.261 e. The number of nitrogens with zero attached hydrogens (tertiary/aromatic N) is 3. The van der Waals surface area contributed by atoms with E-state index in [0.29, 0.717) is 23.7 Å². The molecule has 0 spiro atoms. The minimum atomic E-state index is 0.130. The van der Waals surface area contributed by atoms with Crippen LogP contribution in [0.4, 0.5) is 0 Å². The molecular weight excluding hydrogens is 389 g/mol. The van der Waals surface area contributed by atoms with Gasteiger partial charge in [0.05, 0.1) is 12.0 Å². The summed E-state index contributed by atoms with van der Waals surface area (Å²) in [6, 6.07) is 5.24. The quantitative estimate of drug-likeness (QED) is 0.684. The van der Waals surface area contributed by atoms with E-state index in [-0.39, 0.29) is 5.75 Å². The van der Waals surface area contributed by atoms with Crippen molar-refractivity contribution in [3.8, 4) is 17.2 Å². The van der Waals surface area contributed by atoms with Crippen LogP contribution < -0.4 is 0 Å². The summed E-state index contributed by atoms with van der Waals surface area (Å²) in [4.78, 5) is 8.68. The second-order valence-electron chi connectivity index (χ2n) is 4.24. The third-order valence-corrected chi connectivity index (χ3v) is 4.27. The summed E-state index contributed by atoms with van der Waals surface area (Å²) in [5, 5.41) is 16.7. The lowest BCUT2D eigenvalue weighted by Crippen LogP contribution is -1.90. The molecule has 7 heteroatoms. The van der Waals surface area contributed by atoms with E-state index in [0.717, 1.165) is 14.3 Å². The van der Waals surface area contributed by atoms with Gasteiger partial charge in [0.25, 0.3) is 5.89 Å². The maximum atomic E-state index is 9.85. The fraction of sp³-hybridized carbons (Fsp3) is 0.154. The second kappa shape index (κ2) is 5.49. The molecule has 5 nitrogen and oxygen atoms in total. The molecule has 2 heterocycles. The first-order chi connectivity index (χ1) is 9.61. The van der Waals surface area contributed by atoms with Crippen molar-refractivity contribution in [2.24, 2.45) is 0 Å². The van der Waals surface area contributed by atoms with Gasteiger partial charge < -0.3 is 9.63 Å². The summed E-state index contributed by atoms with van der Waals surface area (Å²) in [5.74, 6) is 1.02. The zero-order valence-corrected chi connectivity index (χ0v) is 13.5. The monoisotopic (exact) mass is 399 g/mol. The average molecular weight is 399 g/mol. The highest BCUT2D eigenvalue weighted by Gasteiger charge is 2.14. The van der Waals surface area contributed by atoms with Crippen molar-refractivity contribution in [3.05, 3.63) is 43.7 Å². The van der Waals surface area contributed by atoms with Gasteiger partial charge in [-0.25, -0.2) is 4.98 Å². The molecule has 1 N–H and O–H groups in total. The molecule has 3 rings (SSSR count). The van der Waals surface area contributed by atoms with Crippen molar-refractivity contribution >= 4 is 33.9 Å². The van der Waals surface area contributed by atoms with Crippen LogP contribution in [0.3, 0.4) is 0 Å². The first-order valence-electron chi connectivity index (χ1n) is 5.84. The number of thiazole rings is 1. The van der Waals surface area contributed by atoms with Crippen LogP contribution in [0.15, 0.2) is 28.1 Å². The molecule has 0 amide bonds. The van der Waals surface area contributed by atoms with E-state index in [4.69, 9.17) is 4.52 Å². The van der Waals surface area contributed by atoms with Crippen molar-refractivity contribution in [1.29, 1.82) is 0 Å². The van der Waals surface area contributed by atoms with Crippen LogP contribution in [-0.4, -0.2) is 20.2 Å². The van der Waals surface area contributed by atoms with Gasteiger partial charge in [0, 0.05) is 14.6 Å². The van der Waals surface area contributed by atoms with E-state index >= 15 is 0 Å². The third-order valence-electron chi connectivity index (χ3n) is 2.63. The Morgan fingerprint density at radius 1 is 1.35 bits per heavy atom. The predicted molar refractivity (Wildman–Crippen MR) is 83.8 cm³/mol. The van der Waals surface area contributed by atoms with Gasteiger partial charge >= 0.3 is 0 Å². The number of rotatable bonds is 3. The van der Waals surface area contributed by atoms with Crippen molar-refractivity contribution < 1.29 is 9.63 Å². The standard InChI is InChI=1S/C13H10IN3O2S/c1-7-6-20-12(15-7)5-11-16-13(19-17-11)9-4-8(14)2-3-10(9)18/h2-4,6,18H,5H2,1H3. The molecule has 0 atom stereocenters. The van der Waals surface area contributed by atoms with Crippen molar-refractivity contribution in [2.75, 3.05) is 0 Å². The first-order valence-corrected chi connectivity index (χ1v) is 7.80. The molecule has 20 heavy (non-hydrogen) atoms. The molecule has 0 aliphatic heterocycles. The summed E-state index contributed by atoms with van der Waals surface area (Å²) in [5.41, 5.74) is 1.54. The number of aromatic hydroxyl groups is 1. The number of aryl methyl sites for hydroxylation is 1. The lowest BCUT2D eigenvalue weighted by Gasteiger charge is -1.99. The van der Waals surface area contributed by atoms with E-state index in [9.17, 15) is 5.11 Å². The molecule has 0 saturated carbocycles. The Morgan fingerprint density at radius 3 is 2.95 bits per heavy atom. The van der Waals surface area contributed by atoms with E-state index in [1.807, 2.05) is 18.4 Å². The SMILES string of the molecule is Cc1csc(Cc2noc(-c3cc(I)ccc3O)n2)n1. The van der Waals surface area contributed by atoms with Crippen LogP contribution in [0, 0.1) is 10.5 Å². The largest absolute Gasteiger partial charge is 0.507 e. The Kier molecular flexibility index (Phi) is 3.70. The van der Waals surface area contributed by atoms with E-state index in [1.165, 1.54) is 0 Å². The highest BCUT2D eigenvalue weighted by molar-refractivity contribution is 14.1. The predicted octanol–water partition coefficient (Wildman–Crippen LogP) is 3.40. The molecule has 0 aliphatic rings. The number of aromatic nitrogens is 3. The van der Waals surface area contributed by atoms with Crippen LogP contribution in [-0.2, 0) is 6.42 Å². The average Bonchev–Trinajstić information content (AvgIpc) is 3.02. The number of hydrogen-bond acceptors (Lipinski definition) is 6. The van der Waals surface area contributed by atoms with Crippen LogP contribution in [0.2, 0.25) is 0 Å². The molecule has 3 aromatic rings. The number of halogens is 1. The fourth-order valence-corrected chi connectivity index (χ4v) is 2.99. The molecule has 2 aromatic heterocycles. The molecule has 0 bridgehead atoms. The van der Waals surface area contributed by atoms with Gasteiger partial charge in [-0.2, -0.15) is 4.98 Å². The van der Waals surface area contributed by atoms with Crippen LogP contribution >= 0.6 is 33.9 Å². The van der Waals surface area contributed by atoms with Gasteiger partial charge in [-0.05, 0) is 47.7 Å². The van der Waals surface area contributed by atoms with Gasteiger partial charge in [-0.15, -0.1) is 11.3 Å². The number of benzene rings is 1. The molecule has 0 radical (unpaired) electrons. The molecule has 0 fully saturated rings. The fourth-order valence-electron chi connectivity index (χ4n) is 1.73. The summed E-state index contributed by atoms with van der Waals surface area (Å²) >= 11 is 3.74. The molecule has 0 saturated heterocycles. The van der Waals surface area contributed by atoms with E-state index < -0.39 is 0 Å². The van der Waals surface area contributed by atoms with Gasteiger partial charge in [0.1, 0.15) is 10.8 Å². The van der Waals surface area contributed by atoms with Gasteiger partial charge in [-0.3, -0.25) is 0 Å². The van der Waals surface area contributed by atoms with Crippen LogP contribution in [0.1, 0.15) is 16.5 Å². The van der Waals surface area contributed by atoms with Gasteiger partial charge in [0.15, 0.2) is 5.82 Å². The normalized spacial score (nSPS) is 10.9. The van der Waals surface area contributed by atoms with Crippen LogP contribution in [0.25, 0.3) is 11.5 Å². The third kappa shape index (κ3) is 2.83. The first kappa shape index (κ1) is 13.5. The number of hydrogen-bond donors (Lipinski definition) is 1. The topological polar surface area (TPSA) is 72.0 Å². The van der Waals surface area contributed by atoms with Crippen molar-refractivity contribution in [2.45, 2.75) is 13.3 Å². The minimum Gasteiger partial charge on any atom is -0.507 e. The van der Waals surface area contributed by atoms with E-state index in [1.54, 1.807) is 23.5 Å². The Hall–Kier alpha value is -1.48. The Balaban J connectivity index is 1.88. The zero-order chi connectivity index (χ0) is 14.1. The number of phenolic OH excluding ortho intramolecular Hbond substituents is 1.